The zero-order chi connectivity index (χ0) is 16.3. The van der Waals surface area contributed by atoms with E-state index in [4.69, 9.17) is 4.74 Å². The van der Waals surface area contributed by atoms with Crippen LogP contribution in [0.15, 0.2) is 30.3 Å². The number of benzene rings is 1. The summed E-state index contributed by atoms with van der Waals surface area (Å²) in [6.07, 6.45) is 5.49. The molecule has 1 heterocycles. The number of ether oxygens (including phenoxy) is 1. The van der Waals surface area contributed by atoms with Gasteiger partial charge in [-0.1, -0.05) is 50.1 Å². The Hall–Kier alpha value is -1.55. The van der Waals surface area contributed by atoms with Crippen molar-refractivity contribution in [3.8, 4) is 0 Å². The van der Waals surface area contributed by atoms with E-state index in [9.17, 15) is 4.79 Å². The number of hydrogen-bond acceptors (Lipinski definition) is 2. The van der Waals surface area contributed by atoms with E-state index in [1.807, 2.05) is 23.1 Å². The van der Waals surface area contributed by atoms with E-state index in [2.05, 4.69) is 24.4 Å². The lowest BCUT2D eigenvalue weighted by Gasteiger charge is -2.30. The minimum atomic E-state index is 0.0662. The standard InChI is InChI=1S/C19H30N2O2/c1-2-3-7-12-20-19(22)21(15-17-8-5-4-6-9-17)16-18-10-13-23-14-11-18/h4-6,8-9,18H,2-3,7,10-16H2,1H3,(H,20,22). The summed E-state index contributed by atoms with van der Waals surface area (Å²) in [5.74, 6) is 0.550. The predicted octanol–water partition coefficient (Wildman–Crippen LogP) is 3.82. The lowest BCUT2D eigenvalue weighted by Crippen LogP contribution is -2.43. The van der Waals surface area contributed by atoms with Crippen LogP contribution in [0.1, 0.15) is 44.6 Å². The van der Waals surface area contributed by atoms with Crippen LogP contribution in [0, 0.1) is 5.92 Å². The van der Waals surface area contributed by atoms with Gasteiger partial charge in [-0.25, -0.2) is 4.79 Å². The van der Waals surface area contributed by atoms with E-state index in [1.165, 1.54) is 18.4 Å². The maximum Gasteiger partial charge on any atom is 0.317 e. The quantitative estimate of drug-likeness (QED) is 0.740. The molecule has 1 aromatic carbocycles. The van der Waals surface area contributed by atoms with Gasteiger partial charge in [0, 0.05) is 32.8 Å². The molecular weight excluding hydrogens is 288 g/mol. The van der Waals surface area contributed by atoms with Crippen molar-refractivity contribution >= 4 is 6.03 Å². The molecule has 128 valence electrons. The number of nitrogens with zero attached hydrogens (tertiary/aromatic N) is 1. The number of urea groups is 1. The molecule has 0 aliphatic carbocycles. The molecule has 1 saturated heterocycles. The SMILES string of the molecule is CCCCCNC(=O)N(Cc1ccccc1)CC1CCOCC1. The summed E-state index contributed by atoms with van der Waals surface area (Å²) in [4.78, 5) is 14.5. The molecule has 1 fully saturated rings. The van der Waals surface area contributed by atoms with Gasteiger partial charge in [0.25, 0.3) is 0 Å². The smallest absolute Gasteiger partial charge is 0.317 e. The van der Waals surface area contributed by atoms with E-state index in [0.29, 0.717) is 12.5 Å². The van der Waals surface area contributed by atoms with Gasteiger partial charge in [0.1, 0.15) is 0 Å². The number of amides is 2. The summed E-state index contributed by atoms with van der Waals surface area (Å²) < 4.78 is 5.43. The Kier molecular flexibility index (Phi) is 7.95. The Morgan fingerprint density at radius 1 is 1.22 bits per heavy atom. The number of carbonyl (C=O) groups is 1. The fourth-order valence-electron chi connectivity index (χ4n) is 2.95. The highest BCUT2D eigenvalue weighted by Gasteiger charge is 2.21. The molecule has 1 aromatic rings. The fourth-order valence-corrected chi connectivity index (χ4v) is 2.95. The van der Waals surface area contributed by atoms with Gasteiger partial charge in [-0.3, -0.25) is 0 Å². The average Bonchev–Trinajstić information content (AvgIpc) is 2.60. The summed E-state index contributed by atoms with van der Waals surface area (Å²) >= 11 is 0. The number of nitrogens with one attached hydrogen (secondary N) is 1. The second-order valence-electron chi connectivity index (χ2n) is 6.36. The fraction of sp³-hybridized carbons (Fsp3) is 0.632. The first-order valence-electron chi connectivity index (χ1n) is 8.94. The molecule has 0 bridgehead atoms. The average molecular weight is 318 g/mol. The van der Waals surface area contributed by atoms with Crippen molar-refractivity contribution in [1.29, 1.82) is 0 Å². The van der Waals surface area contributed by atoms with Crippen LogP contribution in [0.5, 0.6) is 0 Å². The predicted molar refractivity (Wildman–Crippen MR) is 93.3 cm³/mol. The molecule has 1 aliphatic heterocycles. The maximum atomic E-state index is 12.6. The Morgan fingerprint density at radius 2 is 1.96 bits per heavy atom. The van der Waals surface area contributed by atoms with Gasteiger partial charge < -0.3 is 15.0 Å². The lowest BCUT2D eigenvalue weighted by molar-refractivity contribution is 0.0556. The number of carbonyl (C=O) groups excluding carboxylic acids is 1. The zero-order valence-electron chi connectivity index (χ0n) is 14.3. The lowest BCUT2D eigenvalue weighted by atomic mass is 9.99. The number of rotatable bonds is 8. The highest BCUT2D eigenvalue weighted by molar-refractivity contribution is 5.74. The summed E-state index contributed by atoms with van der Waals surface area (Å²) in [7, 11) is 0. The highest BCUT2D eigenvalue weighted by Crippen LogP contribution is 2.17. The van der Waals surface area contributed by atoms with Crippen molar-refractivity contribution in [2.45, 2.75) is 45.6 Å². The van der Waals surface area contributed by atoms with Gasteiger partial charge in [0.2, 0.25) is 0 Å². The van der Waals surface area contributed by atoms with Crippen molar-refractivity contribution in [3.63, 3.8) is 0 Å². The van der Waals surface area contributed by atoms with Crippen LogP contribution in [0.4, 0.5) is 4.79 Å². The third-order valence-electron chi connectivity index (χ3n) is 4.38. The van der Waals surface area contributed by atoms with Crippen LogP contribution in [0.2, 0.25) is 0 Å². The van der Waals surface area contributed by atoms with Gasteiger partial charge in [-0.2, -0.15) is 0 Å². The first kappa shape index (κ1) is 17.8. The van der Waals surface area contributed by atoms with Gasteiger partial charge in [0.15, 0.2) is 0 Å². The molecule has 23 heavy (non-hydrogen) atoms. The van der Waals surface area contributed by atoms with E-state index < -0.39 is 0 Å². The topological polar surface area (TPSA) is 41.6 Å². The highest BCUT2D eigenvalue weighted by atomic mass is 16.5. The third-order valence-corrected chi connectivity index (χ3v) is 4.38. The van der Waals surface area contributed by atoms with Crippen LogP contribution < -0.4 is 5.32 Å². The van der Waals surface area contributed by atoms with E-state index in [-0.39, 0.29) is 6.03 Å². The minimum absolute atomic E-state index is 0.0662. The Labute approximate surface area is 140 Å². The Morgan fingerprint density at radius 3 is 2.65 bits per heavy atom. The normalized spacial score (nSPS) is 15.3. The monoisotopic (exact) mass is 318 g/mol. The molecule has 4 nitrogen and oxygen atoms in total. The van der Waals surface area contributed by atoms with Crippen LogP contribution in [0.25, 0.3) is 0 Å². The Balaban J connectivity index is 1.90. The van der Waals surface area contributed by atoms with Crippen LogP contribution in [-0.2, 0) is 11.3 Å². The first-order chi connectivity index (χ1) is 11.3. The number of unbranched alkanes of at least 4 members (excludes halogenated alkanes) is 2. The van der Waals surface area contributed by atoms with E-state index in [0.717, 1.165) is 45.6 Å². The molecular formula is C19H30N2O2. The molecule has 1 aliphatic rings. The van der Waals surface area contributed by atoms with E-state index in [1.54, 1.807) is 0 Å². The van der Waals surface area contributed by atoms with Crippen LogP contribution >= 0.6 is 0 Å². The van der Waals surface area contributed by atoms with E-state index >= 15 is 0 Å². The summed E-state index contributed by atoms with van der Waals surface area (Å²) in [5.41, 5.74) is 1.18. The summed E-state index contributed by atoms with van der Waals surface area (Å²) in [6, 6.07) is 10.3. The molecule has 4 heteroatoms. The molecule has 1 N–H and O–H groups in total. The van der Waals surface area contributed by atoms with Crippen LogP contribution in [0.3, 0.4) is 0 Å². The second-order valence-corrected chi connectivity index (χ2v) is 6.36. The zero-order valence-corrected chi connectivity index (χ0v) is 14.3. The molecule has 0 atom stereocenters. The first-order valence-corrected chi connectivity index (χ1v) is 8.94. The molecule has 2 rings (SSSR count). The van der Waals surface area contributed by atoms with Gasteiger partial charge in [-0.05, 0) is 30.7 Å². The van der Waals surface area contributed by atoms with Crippen molar-refractivity contribution in [2.24, 2.45) is 5.92 Å². The molecule has 0 spiro atoms. The minimum Gasteiger partial charge on any atom is -0.381 e. The Bertz CT molecular complexity index is 444. The van der Waals surface area contributed by atoms with Gasteiger partial charge >= 0.3 is 6.03 Å². The number of hydrogen-bond donors (Lipinski definition) is 1. The van der Waals surface area contributed by atoms with Crippen molar-refractivity contribution < 1.29 is 9.53 Å². The molecule has 0 saturated carbocycles. The van der Waals surface area contributed by atoms with Gasteiger partial charge in [-0.15, -0.1) is 0 Å². The molecule has 2 amide bonds. The third kappa shape index (κ3) is 6.61. The summed E-state index contributed by atoms with van der Waals surface area (Å²) in [5, 5.41) is 3.08. The van der Waals surface area contributed by atoms with Crippen molar-refractivity contribution in [1.82, 2.24) is 10.2 Å². The summed E-state index contributed by atoms with van der Waals surface area (Å²) in [6.45, 7) is 6.08. The maximum absolute atomic E-state index is 12.6. The second kappa shape index (κ2) is 10.3. The largest absolute Gasteiger partial charge is 0.381 e. The molecule has 0 radical (unpaired) electrons. The van der Waals surface area contributed by atoms with Crippen LogP contribution in [-0.4, -0.2) is 37.2 Å². The molecule has 0 aromatic heterocycles. The van der Waals surface area contributed by atoms with Gasteiger partial charge in [0.05, 0.1) is 0 Å². The van der Waals surface area contributed by atoms with Crippen molar-refractivity contribution in [3.05, 3.63) is 35.9 Å². The molecule has 0 unspecified atom stereocenters. The van der Waals surface area contributed by atoms with Crippen molar-refractivity contribution in [2.75, 3.05) is 26.3 Å².